The van der Waals surface area contributed by atoms with Crippen molar-refractivity contribution >= 4 is 5.69 Å². The average molecular weight is 229 g/mol. The highest BCUT2D eigenvalue weighted by Crippen LogP contribution is 2.41. The van der Waals surface area contributed by atoms with Crippen molar-refractivity contribution in [3.8, 4) is 11.5 Å². The van der Waals surface area contributed by atoms with Crippen molar-refractivity contribution in [2.24, 2.45) is 5.18 Å². The molecule has 4 N–H and O–H groups in total. The van der Waals surface area contributed by atoms with Crippen LogP contribution in [0.1, 0.15) is 0 Å². The molecule has 0 fully saturated rings. The lowest BCUT2D eigenvalue weighted by Crippen LogP contribution is -2.63. The molecule has 0 unspecified atom stereocenters. The third kappa shape index (κ3) is 1.49. The fourth-order valence-corrected chi connectivity index (χ4v) is 1.16. The second-order valence-electron chi connectivity index (χ2n) is 3.14. The minimum Gasteiger partial charge on any atom is -0.428 e. The first kappa shape index (κ1) is 10.8. The van der Waals surface area contributed by atoms with Gasteiger partial charge >= 0.3 is 11.9 Å². The molecule has 0 spiro atoms. The van der Waals surface area contributed by atoms with E-state index in [1.807, 2.05) is 0 Å². The number of rotatable bonds is 1. The van der Waals surface area contributed by atoms with Gasteiger partial charge < -0.3 is 29.9 Å². The maximum absolute atomic E-state index is 10.2. The lowest BCUT2D eigenvalue weighted by atomic mass is 10.2. The van der Waals surface area contributed by atoms with E-state index >= 15 is 0 Å². The number of hydrogen-bond donors (Lipinski definition) is 4. The zero-order valence-corrected chi connectivity index (χ0v) is 7.69. The van der Waals surface area contributed by atoms with Crippen LogP contribution in [0.4, 0.5) is 5.69 Å². The molecule has 1 aromatic carbocycles. The van der Waals surface area contributed by atoms with Gasteiger partial charge in [0.15, 0.2) is 11.5 Å². The summed E-state index contributed by atoms with van der Waals surface area (Å²) < 4.78 is 8.94. The number of nitroso groups, excluding NO2 is 1. The van der Waals surface area contributed by atoms with E-state index in [1.54, 1.807) is 0 Å². The zero-order chi connectivity index (χ0) is 12.0. The Labute approximate surface area is 88.3 Å². The Hall–Kier alpha value is -1.74. The van der Waals surface area contributed by atoms with Crippen LogP contribution in [0.25, 0.3) is 0 Å². The molecular formula is C8H7NO7. The Morgan fingerprint density at radius 2 is 1.56 bits per heavy atom. The molecule has 1 aliphatic heterocycles. The molecule has 0 radical (unpaired) electrons. The summed E-state index contributed by atoms with van der Waals surface area (Å²) in [7, 11) is 0. The van der Waals surface area contributed by atoms with Crippen LogP contribution in [0.5, 0.6) is 11.5 Å². The molecule has 0 bridgehead atoms. The van der Waals surface area contributed by atoms with Crippen LogP contribution in [0, 0.1) is 4.91 Å². The smallest absolute Gasteiger partial charge is 0.422 e. The number of benzene rings is 1. The Morgan fingerprint density at radius 1 is 1.00 bits per heavy atom. The second-order valence-corrected chi connectivity index (χ2v) is 3.14. The molecule has 16 heavy (non-hydrogen) atoms. The maximum Gasteiger partial charge on any atom is 0.422 e. The van der Waals surface area contributed by atoms with Gasteiger partial charge in [-0.1, -0.05) is 0 Å². The molecule has 1 heterocycles. The third-order valence-corrected chi connectivity index (χ3v) is 1.96. The summed E-state index contributed by atoms with van der Waals surface area (Å²) in [6, 6.07) is 3.45. The van der Waals surface area contributed by atoms with E-state index in [9.17, 15) is 4.91 Å². The number of fused-ring (bicyclic) bond motifs is 1. The first-order valence-electron chi connectivity index (χ1n) is 4.11. The van der Waals surface area contributed by atoms with Gasteiger partial charge in [0.1, 0.15) is 5.69 Å². The highest BCUT2D eigenvalue weighted by Gasteiger charge is 2.57. The molecule has 1 aromatic rings. The van der Waals surface area contributed by atoms with Gasteiger partial charge in [0, 0.05) is 6.07 Å². The average Bonchev–Trinajstić information content (AvgIpc) is 2.18. The van der Waals surface area contributed by atoms with E-state index in [1.165, 1.54) is 12.1 Å². The molecule has 2 rings (SSSR count). The predicted octanol–water partition coefficient (Wildman–Crippen LogP) is -0.867. The fourth-order valence-electron chi connectivity index (χ4n) is 1.16. The number of hydrogen-bond acceptors (Lipinski definition) is 8. The normalized spacial score (nSPS) is 20.2. The fraction of sp³-hybridized carbons (Fsp3) is 0.250. The molecular weight excluding hydrogens is 222 g/mol. The molecule has 0 saturated heterocycles. The van der Waals surface area contributed by atoms with E-state index in [0.717, 1.165) is 6.07 Å². The van der Waals surface area contributed by atoms with Crippen LogP contribution >= 0.6 is 0 Å². The van der Waals surface area contributed by atoms with E-state index in [0.29, 0.717) is 0 Å². The van der Waals surface area contributed by atoms with Crippen LogP contribution in [0.3, 0.4) is 0 Å². The summed E-state index contributed by atoms with van der Waals surface area (Å²) in [5.74, 6) is -7.07. The summed E-state index contributed by atoms with van der Waals surface area (Å²) in [6.45, 7) is 0. The molecule has 0 atom stereocenters. The molecule has 8 nitrogen and oxygen atoms in total. The van der Waals surface area contributed by atoms with Crippen LogP contribution in [0.15, 0.2) is 23.4 Å². The molecule has 1 aliphatic rings. The van der Waals surface area contributed by atoms with Gasteiger partial charge in [0.05, 0.1) is 0 Å². The van der Waals surface area contributed by atoms with Gasteiger partial charge in [-0.3, -0.25) is 0 Å². The van der Waals surface area contributed by atoms with Gasteiger partial charge in [-0.15, -0.1) is 4.91 Å². The monoisotopic (exact) mass is 229 g/mol. The van der Waals surface area contributed by atoms with Crippen LogP contribution in [-0.4, -0.2) is 32.4 Å². The van der Waals surface area contributed by atoms with E-state index < -0.39 is 11.9 Å². The zero-order valence-electron chi connectivity index (χ0n) is 7.69. The number of nitrogens with zero attached hydrogens (tertiary/aromatic N) is 1. The second kappa shape index (κ2) is 3.12. The molecule has 0 aromatic heterocycles. The molecule has 0 amide bonds. The molecule has 8 heteroatoms. The van der Waals surface area contributed by atoms with Crippen molar-refractivity contribution in [1.29, 1.82) is 0 Å². The maximum atomic E-state index is 10.2. The Balaban J connectivity index is 2.47. The molecule has 0 saturated carbocycles. The van der Waals surface area contributed by atoms with Crippen molar-refractivity contribution in [2.75, 3.05) is 0 Å². The van der Waals surface area contributed by atoms with Gasteiger partial charge in [-0.05, 0) is 17.3 Å². The number of aliphatic hydroxyl groups is 4. The van der Waals surface area contributed by atoms with Crippen molar-refractivity contribution < 1.29 is 29.9 Å². The SMILES string of the molecule is O=Nc1ccc2c(c1)OC(O)(O)C(O)(O)O2. The van der Waals surface area contributed by atoms with Crippen LogP contribution in [-0.2, 0) is 0 Å². The van der Waals surface area contributed by atoms with Crippen LogP contribution in [0.2, 0.25) is 0 Å². The van der Waals surface area contributed by atoms with Crippen molar-refractivity contribution in [3.05, 3.63) is 23.1 Å². The van der Waals surface area contributed by atoms with Crippen molar-refractivity contribution in [1.82, 2.24) is 0 Å². The summed E-state index contributed by atoms with van der Waals surface area (Å²) >= 11 is 0. The largest absolute Gasteiger partial charge is 0.428 e. The summed E-state index contributed by atoms with van der Waals surface area (Å²) in [5.41, 5.74) is -0.0403. The van der Waals surface area contributed by atoms with Gasteiger partial charge in [-0.25, -0.2) is 0 Å². The third-order valence-electron chi connectivity index (χ3n) is 1.96. The van der Waals surface area contributed by atoms with E-state index in [4.69, 9.17) is 20.4 Å². The highest BCUT2D eigenvalue weighted by molar-refractivity contribution is 5.52. The quantitative estimate of drug-likeness (QED) is 0.364. The lowest BCUT2D eigenvalue weighted by molar-refractivity contribution is -0.500. The first-order chi connectivity index (χ1) is 7.36. The summed E-state index contributed by atoms with van der Waals surface area (Å²) in [4.78, 5) is 10.2. The Bertz CT molecular complexity index is 442. The van der Waals surface area contributed by atoms with Crippen molar-refractivity contribution in [3.63, 3.8) is 0 Å². The predicted molar refractivity (Wildman–Crippen MR) is 47.5 cm³/mol. The Kier molecular flexibility index (Phi) is 2.10. The van der Waals surface area contributed by atoms with Gasteiger partial charge in [0.2, 0.25) is 0 Å². The topological polar surface area (TPSA) is 129 Å². The molecule has 86 valence electrons. The highest BCUT2D eigenvalue weighted by atomic mass is 16.9. The van der Waals surface area contributed by atoms with Crippen LogP contribution < -0.4 is 9.47 Å². The minimum absolute atomic E-state index is 0.0403. The van der Waals surface area contributed by atoms with Gasteiger partial charge in [0.25, 0.3) is 0 Å². The summed E-state index contributed by atoms with van der Waals surface area (Å²) in [6.07, 6.45) is 0. The Morgan fingerprint density at radius 3 is 2.12 bits per heavy atom. The van der Waals surface area contributed by atoms with Gasteiger partial charge in [-0.2, -0.15) is 0 Å². The number of ether oxygens (including phenoxy) is 2. The van der Waals surface area contributed by atoms with E-state index in [-0.39, 0.29) is 17.2 Å². The lowest BCUT2D eigenvalue weighted by Gasteiger charge is -2.37. The van der Waals surface area contributed by atoms with E-state index in [2.05, 4.69) is 14.7 Å². The minimum atomic E-state index is -3.35. The summed E-state index contributed by atoms with van der Waals surface area (Å²) in [5, 5.41) is 39.0. The molecule has 0 aliphatic carbocycles. The first-order valence-corrected chi connectivity index (χ1v) is 4.11. The standard InChI is InChI=1S/C8H7NO7/c10-7(11)8(12,13)16-6-3-4(9-14)1-2-5(6)15-7/h1-3,10-13H. The van der Waals surface area contributed by atoms with Crippen molar-refractivity contribution in [2.45, 2.75) is 11.9 Å².